The van der Waals surface area contributed by atoms with Crippen molar-refractivity contribution < 1.29 is 44.5 Å². The Balaban J connectivity index is 0. The van der Waals surface area contributed by atoms with Gasteiger partial charge in [0.15, 0.2) is 0 Å². The Labute approximate surface area is 63.3 Å². The summed E-state index contributed by atoms with van der Waals surface area (Å²) in [5.74, 6) is 0. The van der Waals surface area contributed by atoms with E-state index < -0.39 is 0 Å². The van der Waals surface area contributed by atoms with Gasteiger partial charge in [-0.2, -0.15) is 0 Å². The molecule has 1 radical (unpaired) electrons. The van der Waals surface area contributed by atoms with Crippen molar-refractivity contribution >= 4 is 18.9 Å². The number of hydrogen-bond donors (Lipinski definition) is 0. The van der Waals surface area contributed by atoms with Crippen molar-refractivity contribution in [2.75, 3.05) is 0 Å². The molecule has 31 valence electrons. The van der Waals surface area contributed by atoms with Crippen LogP contribution in [-0.2, 0) is 44.5 Å². The fourth-order valence-electron chi connectivity index (χ4n) is 0. The Kier molecular flexibility index (Phi) is 827. The maximum atomic E-state index is 0. The summed E-state index contributed by atoms with van der Waals surface area (Å²) in [7, 11) is 0. The average Bonchev–Trinajstić information content (AvgIpc) is 0. The molecule has 2 nitrogen and oxygen atoms in total. The van der Waals surface area contributed by atoms with E-state index in [-0.39, 0.29) is 63.4 Å². The van der Waals surface area contributed by atoms with Gasteiger partial charge >= 0.3 is 52.4 Å². The maximum Gasteiger partial charge on any atom is 2.00 e. The van der Waals surface area contributed by atoms with E-state index in [1.165, 1.54) is 0 Å². The molecule has 5 heavy (non-hydrogen) atoms. The normalized spacial score (nSPS) is 0. The third kappa shape index (κ3) is 29.4. The van der Waals surface area contributed by atoms with Gasteiger partial charge < -0.3 is 11.0 Å². The van der Waals surface area contributed by atoms with Crippen molar-refractivity contribution in [3.63, 3.8) is 0 Å². The second-order valence-electron chi connectivity index (χ2n) is 0. The smallest absolute Gasteiger partial charge is 2.00 e. The van der Waals surface area contributed by atoms with E-state index in [0.29, 0.717) is 0 Å². The summed E-state index contributed by atoms with van der Waals surface area (Å²) < 4.78 is 0. The van der Waals surface area contributed by atoms with Gasteiger partial charge in [0.25, 0.3) is 0 Å². The van der Waals surface area contributed by atoms with E-state index in [1.807, 2.05) is 0 Å². The molecule has 0 unspecified atom stereocenters. The van der Waals surface area contributed by atoms with Crippen LogP contribution in [0.25, 0.3) is 0 Å². The summed E-state index contributed by atoms with van der Waals surface area (Å²) in [6.07, 6.45) is 0. The second-order valence-corrected chi connectivity index (χ2v) is 0. The van der Waals surface area contributed by atoms with Crippen molar-refractivity contribution in [3.8, 4) is 0 Å². The van der Waals surface area contributed by atoms with Crippen molar-refractivity contribution in [1.29, 1.82) is 0 Å². The summed E-state index contributed by atoms with van der Waals surface area (Å²) in [6.45, 7) is 0. The first-order valence-electron chi connectivity index (χ1n) is 0. The predicted octanol–water partition coefficient (Wildman–Crippen LogP) is -0.891. The van der Waals surface area contributed by atoms with E-state index >= 15 is 0 Å². The Morgan fingerprint density at radius 3 is 0.800 bits per heavy atom. The molecule has 0 aromatic heterocycles. The largest absolute Gasteiger partial charge is 2.00 e. The van der Waals surface area contributed by atoms with Crippen LogP contribution in [0, 0.1) is 0 Å². The molecule has 0 aliphatic rings. The molecule has 0 amide bonds. The first kappa shape index (κ1) is 85.3. The van der Waals surface area contributed by atoms with Gasteiger partial charge in [0, 0.05) is 0 Å². The Bertz CT molecular complexity index is 9.61. The fourth-order valence-corrected chi connectivity index (χ4v) is 0. The molecular weight excluding hydrogens is 153 g/mol. The van der Waals surface area contributed by atoms with Crippen LogP contribution in [0.1, 0.15) is 0 Å². The molecule has 0 atom stereocenters. The molecule has 0 aliphatic carbocycles. The van der Waals surface area contributed by atoms with Crippen LogP contribution in [0.3, 0.4) is 0 Å². The van der Waals surface area contributed by atoms with Crippen LogP contribution in [0.5, 0.6) is 0 Å². The van der Waals surface area contributed by atoms with Crippen molar-refractivity contribution in [1.82, 2.24) is 0 Å². The van der Waals surface area contributed by atoms with E-state index in [0.717, 1.165) is 0 Å². The molecule has 0 rings (SSSR count). The molecule has 0 N–H and O–H groups in total. The van der Waals surface area contributed by atoms with Gasteiger partial charge in [0.05, 0.1) is 0 Å². The minimum Gasteiger partial charge on any atom is -2.00 e. The zero-order chi connectivity index (χ0) is 0. The SMILES string of the molecule is [LiH].[Mn+2].[Ni+2].[O-2].[O-2]. The minimum absolute atomic E-state index is 0. The fraction of sp³-hybridized carbons (Fsp3) is 0. The van der Waals surface area contributed by atoms with Gasteiger partial charge in [-0.1, -0.05) is 0 Å². The van der Waals surface area contributed by atoms with Gasteiger partial charge in [-0.05, 0) is 0 Å². The predicted molar refractivity (Wildman–Crippen MR) is 8.52 cm³/mol. The third-order valence-electron chi connectivity index (χ3n) is 0. The van der Waals surface area contributed by atoms with Gasteiger partial charge in [-0.25, -0.2) is 0 Å². The molecule has 0 saturated carbocycles. The molecule has 0 heterocycles. The Morgan fingerprint density at radius 1 is 0.800 bits per heavy atom. The van der Waals surface area contributed by atoms with Crippen LogP contribution >= 0.6 is 0 Å². The van der Waals surface area contributed by atoms with E-state index in [1.54, 1.807) is 0 Å². The molecule has 0 saturated heterocycles. The molecular formula is HLiMnNiO2. The number of hydrogen-bond acceptors (Lipinski definition) is 0. The quantitative estimate of drug-likeness (QED) is 0.406. The molecule has 0 aromatic carbocycles. The van der Waals surface area contributed by atoms with Crippen molar-refractivity contribution in [2.45, 2.75) is 0 Å². The van der Waals surface area contributed by atoms with Crippen LogP contribution < -0.4 is 0 Å². The first-order chi connectivity index (χ1) is 0. The standard InChI is InChI=1S/Li.Mn.Ni.2O.H/q;2*+2;2*-2;. The third-order valence-corrected chi connectivity index (χ3v) is 0. The van der Waals surface area contributed by atoms with Gasteiger partial charge in [-0.3, -0.25) is 0 Å². The zero-order valence-electron chi connectivity index (χ0n) is 1.51. The Hall–Kier alpha value is 1.53. The molecule has 0 bridgehead atoms. The second kappa shape index (κ2) is 48.5. The monoisotopic (exact) mass is 153 g/mol. The molecule has 0 aliphatic heterocycles. The van der Waals surface area contributed by atoms with Crippen LogP contribution in [0.15, 0.2) is 0 Å². The van der Waals surface area contributed by atoms with Gasteiger partial charge in [0.2, 0.25) is 0 Å². The van der Waals surface area contributed by atoms with Crippen LogP contribution in [-0.4, -0.2) is 18.9 Å². The molecule has 0 fully saturated rings. The first-order valence-corrected chi connectivity index (χ1v) is 0. The van der Waals surface area contributed by atoms with Crippen molar-refractivity contribution in [2.24, 2.45) is 0 Å². The average molecular weight is 154 g/mol. The van der Waals surface area contributed by atoms with E-state index in [9.17, 15) is 0 Å². The molecule has 5 heteroatoms. The van der Waals surface area contributed by atoms with E-state index in [2.05, 4.69) is 0 Å². The minimum atomic E-state index is 0. The maximum absolute atomic E-state index is 0. The van der Waals surface area contributed by atoms with Gasteiger partial charge in [0.1, 0.15) is 0 Å². The number of rotatable bonds is 0. The van der Waals surface area contributed by atoms with Crippen LogP contribution in [0.2, 0.25) is 0 Å². The van der Waals surface area contributed by atoms with Gasteiger partial charge in [-0.15, -0.1) is 0 Å². The molecule has 0 aromatic rings. The zero-order valence-corrected chi connectivity index (χ0v) is 3.68. The van der Waals surface area contributed by atoms with Crippen LogP contribution in [0.4, 0.5) is 0 Å². The topological polar surface area (TPSA) is 57.0 Å². The summed E-state index contributed by atoms with van der Waals surface area (Å²) in [6, 6.07) is 0. The molecule has 0 spiro atoms. The summed E-state index contributed by atoms with van der Waals surface area (Å²) in [5, 5.41) is 0. The summed E-state index contributed by atoms with van der Waals surface area (Å²) in [5.41, 5.74) is 0. The summed E-state index contributed by atoms with van der Waals surface area (Å²) in [4.78, 5) is 0. The van der Waals surface area contributed by atoms with Crippen molar-refractivity contribution in [3.05, 3.63) is 0 Å². The Morgan fingerprint density at radius 2 is 0.800 bits per heavy atom. The van der Waals surface area contributed by atoms with E-state index in [4.69, 9.17) is 0 Å². The summed E-state index contributed by atoms with van der Waals surface area (Å²) >= 11 is 0.